The van der Waals surface area contributed by atoms with E-state index >= 15 is 0 Å². The number of nitrogens with two attached hydrogens (primary N) is 1. The molecule has 6 heteroatoms. The first-order chi connectivity index (χ1) is 9.11. The summed E-state index contributed by atoms with van der Waals surface area (Å²) in [5.74, 6) is 4.42. The van der Waals surface area contributed by atoms with Gasteiger partial charge in [0.05, 0.1) is 6.54 Å². The molecule has 0 aliphatic heterocycles. The number of hydrazine groups is 1. The fraction of sp³-hybridized carbons (Fsp3) is 0.0769. The number of amides is 1. The van der Waals surface area contributed by atoms with Crippen molar-refractivity contribution in [2.24, 2.45) is 5.84 Å². The third-order valence-corrected chi connectivity index (χ3v) is 2.87. The summed E-state index contributed by atoms with van der Waals surface area (Å²) in [4.78, 5) is 23.5. The molecule has 0 aliphatic carbocycles. The third kappa shape index (κ3) is 3.01. The van der Waals surface area contributed by atoms with Crippen molar-refractivity contribution in [1.82, 2.24) is 9.99 Å². The van der Waals surface area contributed by atoms with Crippen molar-refractivity contribution in [2.45, 2.75) is 6.54 Å². The molecule has 0 spiro atoms. The molecule has 0 atom stereocenters. The van der Waals surface area contributed by atoms with Crippen LogP contribution < -0.4 is 16.8 Å². The molecule has 1 heterocycles. The van der Waals surface area contributed by atoms with Gasteiger partial charge in [0.25, 0.3) is 11.5 Å². The van der Waals surface area contributed by atoms with E-state index in [1.54, 1.807) is 30.5 Å². The summed E-state index contributed by atoms with van der Waals surface area (Å²) in [5, 5.41) is 0.599. The topological polar surface area (TPSA) is 77.1 Å². The van der Waals surface area contributed by atoms with Gasteiger partial charge in [-0.25, -0.2) is 5.84 Å². The standard InChI is InChI=1S/C13H12ClN3O2/c14-10-4-1-3-9(7-10)8-17-6-2-5-11(13(17)19)12(18)16-15/h1-7H,8,15H2,(H,16,18). The summed E-state index contributed by atoms with van der Waals surface area (Å²) in [6.45, 7) is 0.338. The van der Waals surface area contributed by atoms with Crippen LogP contribution in [0.3, 0.4) is 0 Å². The molecule has 0 radical (unpaired) electrons. The monoisotopic (exact) mass is 277 g/mol. The zero-order valence-corrected chi connectivity index (χ0v) is 10.7. The molecule has 1 aromatic carbocycles. The summed E-state index contributed by atoms with van der Waals surface area (Å²) < 4.78 is 1.43. The van der Waals surface area contributed by atoms with Crippen molar-refractivity contribution in [2.75, 3.05) is 0 Å². The highest BCUT2D eigenvalue weighted by Crippen LogP contribution is 2.11. The molecule has 0 unspecified atom stereocenters. The number of benzene rings is 1. The quantitative estimate of drug-likeness (QED) is 0.502. The van der Waals surface area contributed by atoms with E-state index < -0.39 is 11.5 Å². The molecule has 0 saturated carbocycles. The van der Waals surface area contributed by atoms with E-state index in [1.807, 2.05) is 11.5 Å². The van der Waals surface area contributed by atoms with Gasteiger partial charge in [0, 0.05) is 11.2 Å². The van der Waals surface area contributed by atoms with Crippen molar-refractivity contribution < 1.29 is 4.79 Å². The van der Waals surface area contributed by atoms with Gasteiger partial charge >= 0.3 is 0 Å². The van der Waals surface area contributed by atoms with Crippen LogP contribution in [0.15, 0.2) is 47.4 Å². The lowest BCUT2D eigenvalue weighted by Crippen LogP contribution is -2.36. The maximum absolute atomic E-state index is 12.1. The Morgan fingerprint density at radius 3 is 2.79 bits per heavy atom. The van der Waals surface area contributed by atoms with Crippen LogP contribution in [0.5, 0.6) is 0 Å². The van der Waals surface area contributed by atoms with E-state index in [4.69, 9.17) is 17.4 Å². The van der Waals surface area contributed by atoms with Crippen LogP contribution in [0.2, 0.25) is 5.02 Å². The van der Waals surface area contributed by atoms with Crippen LogP contribution in [-0.4, -0.2) is 10.5 Å². The molecule has 0 saturated heterocycles. The van der Waals surface area contributed by atoms with Crippen molar-refractivity contribution in [1.29, 1.82) is 0 Å². The number of carbonyl (C=O) groups is 1. The normalized spacial score (nSPS) is 10.2. The van der Waals surface area contributed by atoms with Crippen LogP contribution in [0, 0.1) is 0 Å². The largest absolute Gasteiger partial charge is 0.310 e. The van der Waals surface area contributed by atoms with Crippen molar-refractivity contribution >= 4 is 17.5 Å². The summed E-state index contributed by atoms with van der Waals surface area (Å²) in [5.41, 5.74) is 2.43. The average Bonchev–Trinajstić information content (AvgIpc) is 2.40. The first-order valence-corrected chi connectivity index (χ1v) is 5.94. The van der Waals surface area contributed by atoms with Crippen LogP contribution in [0.25, 0.3) is 0 Å². The lowest BCUT2D eigenvalue weighted by atomic mass is 10.2. The Balaban J connectivity index is 2.36. The summed E-state index contributed by atoms with van der Waals surface area (Å²) in [6, 6.07) is 10.2. The molecule has 98 valence electrons. The SMILES string of the molecule is NNC(=O)c1cccn(Cc2cccc(Cl)c2)c1=O. The molecular formula is C13H12ClN3O2. The molecule has 2 rings (SSSR count). The van der Waals surface area contributed by atoms with Gasteiger partial charge in [-0.1, -0.05) is 23.7 Å². The number of hydrogen-bond donors (Lipinski definition) is 2. The van der Waals surface area contributed by atoms with Crippen molar-refractivity contribution in [3.63, 3.8) is 0 Å². The predicted octanol–water partition coefficient (Wildman–Crippen LogP) is 1.15. The van der Waals surface area contributed by atoms with Gasteiger partial charge in [-0.15, -0.1) is 0 Å². The number of nitrogens with one attached hydrogen (secondary N) is 1. The summed E-state index contributed by atoms with van der Waals surface area (Å²) in [7, 11) is 0. The average molecular weight is 278 g/mol. The van der Waals surface area contributed by atoms with Crippen LogP contribution >= 0.6 is 11.6 Å². The van der Waals surface area contributed by atoms with E-state index in [-0.39, 0.29) is 5.56 Å². The zero-order valence-electron chi connectivity index (χ0n) is 9.97. The molecule has 1 amide bonds. The minimum Gasteiger partial charge on any atom is -0.310 e. The molecule has 5 nitrogen and oxygen atoms in total. The van der Waals surface area contributed by atoms with Gasteiger partial charge in [0.1, 0.15) is 5.56 Å². The van der Waals surface area contributed by atoms with Gasteiger partial charge in [0.15, 0.2) is 0 Å². The van der Waals surface area contributed by atoms with Crippen molar-refractivity contribution in [3.8, 4) is 0 Å². The molecule has 0 fully saturated rings. The minimum atomic E-state index is -0.606. The van der Waals surface area contributed by atoms with E-state index in [9.17, 15) is 9.59 Å². The van der Waals surface area contributed by atoms with Gasteiger partial charge in [-0.3, -0.25) is 15.0 Å². The van der Waals surface area contributed by atoms with Gasteiger partial charge in [-0.2, -0.15) is 0 Å². The first kappa shape index (κ1) is 13.3. The first-order valence-electron chi connectivity index (χ1n) is 5.56. The van der Waals surface area contributed by atoms with Gasteiger partial charge < -0.3 is 4.57 Å². The van der Waals surface area contributed by atoms with E-state index in [0.29, 0.717) is 11.6 Å². The van der Waals surface area contributed by atoms with E-state index in [2.05, 4.69) is 0 Å². The Morgan fingerprint density at radius 1 is 1.32 bits per heavy atom. The number of pyridine rings is 1. The Kier molecular flexibility index (Phi) is 3.99. The van der Waals surface area contributed by atoms with Gasteiger partial charge in [-0.05, 0) is 29.8 Å². The minimum absolute atomic E-state index is 0.00651. The number of carbonyl (C=O) groups excluding carboxylic acids is 1. The zero-order chi connectivity index (χ0) is 13.8. The Labute approximate surface area is 114 Å². The Morgan fingerprint density at radius 2 is 2.11 bits per heavy atom. The lowest BCUT2D eigenvalue weighted by Gasteiger charge is -2.07. The van der Waals surface area contributed by atoms with E-state index in [0.717, 1.165) is 5.56 Å². The van der Waals surface area contributed by atoms with E-state index in [1.165, 1.54) is 10.6 Å². The molecule has 2 aromatic rings. The van der Waals surface area contributed by atoms with Crippen LogP contribution in [0.1, 0.15) is 15.9 Å². The predicted molar refractivity (Wildman–Crippen MR) is 72.9 cm³/mol. The second kappa shape index (κ2) is 5.69. The number of rotatable bonds is 3. The smallest absolute Gasteiger partial charge is 0.270 e. The number of hydrogen-bond acceptors (Lipinski definition) is 3. The fourth-order valence-corrected chi connectivity index (χ4v) is 1.96. The molecule has 0 bridgehead atoms. The highest BCUT2D eigenvalue weighted by atomic mass is 35.5. The second-order valence-corrected chi connectivity index (χ2v) is 4.39. The van der Waals surface area contributed by atoms with Gasteiger partial charge in [0.2, 0.25) is 0 Å². The molecule has 1 aromatic heterocycles. The Hall–Kier alpha value is -2.11. The number of aromatic nitrogens is 1. The van der Waals surface area contributed by atoms with Crippen molar-refractivity contribution in [3.05, 3.63) is 69.1 Å². The Bertz CT molecular complexity index is 667. The van der Waals surface area contributed by atoms with Crippen LogP contribution in [0.4, 0.5) is 0 Å². The highest BCUT2D eigenvalue weighted by molar-refractivity contribution is 6.30. The summed E-state index contributed by atoms with van der Waals surface area (Å²) >= 11 is 5.89. The number of nitrogen functional groups attached to an aromatic ring is 1. The third-order valence-electron chi connectivity index (χ3n) is 2.64. The molecule has 0 aliphatic rings. The lowest BCUT2D eigenvalue weighted by molar-refractivity contribution is 0.0951. The number of nitrogens with zero attached hydrogens (tertiary/aromatic N) is 1. The molecular weight excluding hydrogens is 266 g/mol. The summed E-state index contributed by atoms with van der Waals surface area (Å²) in [6.07, 6.45) is 1.61. The molecule has 19 heavy (non-hydrogen) atoms. The molecule has 3 N–H and O–H groups in total. The van der Waals surface area contributed by atoms with Crippen LogP contribution in [-0.2, 0) is 6.54 Å². The maximum Gasteiger partial charge on any atom is 0.270 e. The highest BCUT2D eigenvalue weighted by Gasteiger charge is 2.10. The number of halogens is 1. The maximum atomic E-state index is 12.1. The second-order valence-electron chi connectivity index (χ2n) is 3.96. The fourth-order valence-electron chi connectivity index (χ4n) is 1.74.